The van der Waals surface area contributed by atoms with Gasteiger partial charge in [0.05, 0.1) is 6.61 Å². The first kappa shape index (κ1) is 13.4. The van der Waals surface area contributed by atoms with Gasteiger partial charge in [0.1, 0.15) is 12.4 Å². The minimum absolute atomic E-state index is 0.0215. The molecule has 0 saturated carbocycles. The molecule has 0 aromatic heterocycles. The van der Waals surface area contributed by atoms with Crippen LogP contribution in [0.25, 0.3) is 0 Å². The Morgan fingerprint density at radius 1 is 1.27 bits per heavy atom. The summed E-state index contributed by atoms with van der Waals surface area (Å²) in [6.07, 6.45) is 4.25. The fourth-order valence-corrected chi connectivity index (χ4v) is 0.720. The Hall–Kier alpha value is -1.62. The molecule has 0 amide bonds. The van der Waals surface area contributed by atoms with Crippen LogP contribution in [0.15, 0.2) is 24.0 Å². The number of allylic oxidation sites excluding steroid dienone is 1. The Bertz CT molecular complexity index is 278. The van der Waals surface area contributed by atoms with Crippen molar-refractivity contribution < 1.29 is 24.2 Å². The van der Waals surface area contributed by atoms with Gasteiger partial charge in [-0.1, -0.05) is 6.08 Å². The molecule has 0 radical (unpaired) electrons. The van der Waals surface area contributed by atoms with Crippen molar-refractivity contribution in [2.75, 3.05) is 13.2 Å². The van der Waals surface area contributed by atoms with E-state index in [4.69, 9.17) is 9.84 Å². The molecule has 0 saturated heterocycles. The second-order valence-electron chi connectivity index (χ2n) is 2.59. The number of ether oxygens (including phenoxy) is 2. The van der Waals surface area contributed by atoms with Gasteiger partial charge in [0, 0.05) is 13.8 Å². The number of carbonyl (C=O) groups excluding carboxylic acids is 2. The fraction of sp³-hybridized carbons (Fsp3) is 0.400. The summed E-state index contributed by atoms with van der Waals surface area (Å²) in [5.74, 6) is -0.663. The van der Waals surface area contributed by atoms with E-state index in [1.54, 1.807) is 0 Å². The number of carbonyl (C=O) groups is 2. The lowest BCUT2D eigenvalue weighted by molar-refractivity contribution is -0.139. The normalized spacial score (nSPS) is 11.5. The van der Waals surface area contributed by atoms with Gasteiger partial charge in [-0.15, -0.1) is 0 Å². The zero-order valence-electron chi connectivity index (χ0n) is 8.73. The molecule has 0 bridgehead atoms. The van der Waals surface area contributed by atoms with Crippen molar-refractivity contribution in [1.82, 2.24) is 0 Å². The highest BCUT2D eigenvalue weighted by Crippen LogP contribution is 2.00. The van der Waals surface area contributed by atoms with Gasteiger partial charge in [0.2, 0.25) is 0 Å². The van der Waals surface area contributed by atoms with Crippen molar-refractivity contribution in [2.45, 2.75) is 13.8 Å². The third-order valence-corrected chi connectivity index (χ3v) is 1.22. The van der Waals surface area contributed by atoms with Crippen LogP contribution in [0.3, 0.4) is 0 Å². The molecule has 0 aromatic rings. The van der Waals surface area contributed by atoms with E-state index in [1.807, 2.05) is 0 Å². The Balaban J connectivity index is 4.26. The predicted octanol–water partition coefficient (Wildman–Crippen LogP) is 0.545. The molecule has 0 fully saturated rings. The quantitative estimate of drug-likeness (QED) is 0.411. The van der Waals surface area contributed by atoms with Gasteiger partial charge >= 0.3 is 11.9 Å². The average molecular weight is 214 g/mol. The molecule has 0 spiro atoms. The summed E-state index contributed by atoms with van der Waals surface area (Å²) < 4.78 is 9.40. The minimum atomic E-state index is -0.480. The summed E-state index contributed by atoms with van der Waals surface area (Å²) in [4.78, 5) is 21.1. The second-order valence-corrected chi connectivity index (χ2v) is 2.59. The van der Waals surface area contributed by atoms with E-state index < -0.39 is 11.9 Å². The van der Waals surface area contributed by atoms with Crippen LogP contribution in [0.1, 0.15) is 13.8 Å². The maximum absolute atomic E-state index is 10.6. The third kappa shape index (κ3) is 8.70. The summed E-state index contributed by atoms with van der Waals surface area (Å²) in [6, 6.07) is 0. The lowest BCUT2D eigenvalue weighted by Crippen LogP contribution is -2.02. The highest BCUT2D eigenvalue weighted by molar-refractivity contribution is 5.68. The molecule has 84 valence electrons. The van der Waals surface area contributed by atoms with Crippen molar-refractivity contribution in [1.29, 1.82) is 0 Å². The first-order valence-corrected chi connectivity index (χ1v) is 4.35. The van der Waals surface area contributed by atoms with Gasteiger partial charge in [0.15, 0.2) is 0 Å². The molecule has 5 heteroatoms. The van der Waals surface area contributed by atoms with Crippen LogP contribution in [-0.4, -0.2) is 30.3 Å². The van der Waals surface area contributed by atoms with Gasteiger partial charge in [-0.2, -0.15) is 0 Å². The van der Waals surface area contributed by atoms with Gasteiger partial charge in [0.25, 0.3) is 0 Å². The molecular formula is C10H14O5. The van der Waals surface area contributed by atoms with Gasteiger partial charge in [-0.25, -0.2) is 0 Å². The molecule has 0 aliphatic carbocycles. The first-order chi connectivity index (χ1) is 7.06. The number of rotatable bonds is 5. The first-order valence-electron chi connectivity index (χ1n) is 4.35. The van der Waals surface area contributed by atoms with E-state index >= 15 is 0 Å². The third-order valence-electron chi connectivity index (χ3n) is 1.22. The van der Waals surface area contributed by atoms with Crippen molar-refractivity contribution >= 4 is 11.9 Å². The molecule has 0 aliphatic rings. The average Bonchev–Trinajstić information content (AvgIpc) is 2.12. The number of esters is 2. The molecule has 0 rings (SSSR count). The maximum atomic E-state index is 10.6. The van der Waals surface area contributed by atoms with Crippen LogP contribution in [0.4, 0.5) is 0 Å². The summed E-state index contributed by atoms with van der Waals surface area (Å²) >= 11 is 0. The van der Waals surface area contributed by atoms with E-state index in [1.165, 1.54) is 32.1 Å². The molecule has 0 unspecified atom stereocenters. The van der Waals surface area contributed by atoms with E-state index in [2.05, 4.69) is 4.74 Å². The maximum Gasteiger partial charge on any atom is 0.308 e. The van der Waals surface area contributed by atoms with Crippen molar-refractivity contribution in [3.8, 4) is 0 Å². The number of hydrogen-bond donors (Lipinski definition) is 1. The SMILES string of the molecule is CC(=O)OC/C=C(/C=C/CO)OC(C)=O. The summed E-state index contributed by atoms with van der Waals surface area (Å²) in [5, 5.41) is 8.52. The number of hydrogen-bond acceptors (Lipinski definition) is 5. The molecular weight excluding hydrogens is 200 g/mol. The largest absolute Gasteiger partial charge is 0.461 e. The minimum Gasteiger partial charge on any atom is -0.461 e. The smallest absolute Gasteiger partial charge is 0.308 e. The van der Waals surface area contributed by atoms with Crippen LogP contribution in [0.5, 0.6) is 0 Å². The summed E-state index contributed by atoms with van der Waals surface area (Å²) in [6.45, 7) is 2.40. The summed E-state index contributed by atoms with van der Waals surface area (Å²) in [5.41, 5.74) is 0. The Labute approximate surface area is 88.0 Å². The van der Waals surface area contributed by atoms with Crippen LogP contribution < -0.4 is 0 Å². The lowest BCUT2D eigenvalue weighted by atomic mass is 10.4. The van der Waals surface area contributed by atoms with E-state index in [0.29, 0.717) is 0 Å². The zero-order chi connectivity index (χ0) is 11.7. The van der Waals surface area contributed by atoms with Crippen molar-refractivity contribution in [2.24, 2.45) is 0 Å². The molecule has 15 heavy (non-hydrogen) atoms. The highest BCUT2D eigenvalue weighted by Gasteiger charge is 1.98. The topological polar surface area (TPSA) is 72.8 Å². The van der Waals surface area contributed by atoms with Crippen LogP contribution in [0, 0.1) is 0 Å². The Morgan fingerprint density at radius 2 is 1.93 bits per heavy atom. The standard InChI is InChI=1S/C10H14O5/c1-8(12)14-7-5-10(4-3-6-11)15-9(2)13/h3-5,11H,6-7H2,1-2H3/b4-3+,10-5-. The molecule has 0 aromatic carbocycles. The van der Waals surface area contributed by atoms with Gasteiger partial charge in [-0.3, -0.25) is 9.59 Å². The monoisotopic (exact) mass is 214 g/mol. The molecule has 0 aliphatic heterocycles. The zero-order valence-corrected chi connectivity index (χ0v) is 8.73. The molecule has 0 heterocycles. The number of aliphatic hydroxyl groups is 1. The number of aliphatic hydroxyl groups excluding tert-OH is 1. The highest BCUT2D eigenvalue weighted by atomic mass is 16.5. The van der Waals surface area contributed by atoms with Gasteiger partial charge < -0.3 is 14.6 Å². The van der Waals surface area contributed by atoms with Crippen molar-refractivity contribution in [3.05, 3.63) is 24.0 Å². The Morgan fingerprint density at radius 3 is 2.40 bits per heavy atom. The lowest BCUT2D eigenvalue weighted by Gasteiger charge is -2.02. The Kier molecular flexibility index (Phi) is 6.92. The van der Waals surface area contributed by atoms with E-state index in [9.17, 15) is 9.59 Å². The van der Waals surface area contributed by atoms with Crippen LogP contribution in [0.2, 0.25) is 0 Å². The predicted molar refractivity (Wildman–Crippen MR) is 52.7 cm³/mol. The molecule has 5 nitrogen and oxygen atoms in total. The van der Waals surface area contributed by atoms with E-state index in [-0.39, 0.29) is 19.0 Å². The summed E-state index contributed by atoms with van der Waals surface area (Å²) in [7, 11) is 0. The second kappa shape index (κ2) is 7.75. The van der Waals surface area contributed by atoms with Crippen molar-refractivity contribution in [3.63, 3.8) is 0 Å². The van der Waals surface area contributed by atoms with E-state index in [0.717, 1.165) is 0 Å². The van der Waals surface area contributed by atoms with Crippen LogP contribution >= 0.6 is 0 Å². The van der Waals surface area contributed by atoms with Gasteiger partial charge in [-0.05, 0) is 12.2 Å². The fourth-order valence-electron chi connectivity index (χ4n) is 0.720. The molecule has 1 N–H and O–H groups in total. The van der Waals surface area contributed by atoms with Crippen LogP contribution in [-0.2, 0) is 19.1 Å². The molecule has 0 atom stereocenters.